The third-order valence-corrected chi connectivity index (χ3v) is 13.2. The standard InChI is InChI=1S/C51H57N3O6/c52-48-21-16-37-32-59-43(11-7-2-1-4-8-34-12-17-42(55)18-13-34)29-47(57)36-14-19-44-35(26-36)15-20-46(56)49(44)60-33-39-28-41(27-38-30-54(31-45(38)39)50(37)53-48)51(22-24-58-25-23-51)40-9-5-3-6-10-40/h3,5-6,9-10,12-21,27-28,30-31,36,43,47-48,53,55-57H,1-2,4,7-8,11,22-26,29,32-33,52H2/t36-,43-,47-,48?/m0/s1. The number of aliphatic hydroxyl groups excluding tert-OH is 1. The fourth-order valence-electron chi connectivity index (χ4n) is 9.76. The van der Waals surface area contributed by atoms with Crippen LogP contribution in [0.2, 0.25) is 0 Å². The van der Waals surface area contributed by atoms with Crippen LogP contribution in [0.3, 0.4) is 0 Å². The lowest BCUT2D eigenvalue weighted by Gasteiger charge is -2.39. The van der Waals surface area contributed by atoms with Gasteiger partial charge in [0, 0.05) is 65.3 Å². The number of unbranched alkanes of at least 4 members (excludes halogenated alkanes) is 3. The van der Waals surface area contributed by atoms with Gasteiger partial charge in [0.2, 0.25) is 0 Å². The monoisotopic (exact) mass is 807 g/mol. The molecule has 1 unspecified atom stereocenters. The van der Waals surface area contributed by atoms with E-state index in [2.05, 4.69) is 76.9 Å². The number of nitrogens with zero attached hydrogens (tertiary/aromatic N) is 1. The highest BCUT2D eigenvalue weighted by Crippen LogP contribution is 2.44. The number of rotatable bonds is 9. The Morgan fingerprint density at radius 3 is 2.47 bits per heavy atom. The Balaban J connectivity index is 1.07. The zero-order chi connectivity index (χ0) is 41.1. The molecule has 9 heteroatoms. The minimum absolute atomic E-state index is 0.0977. The van der Waals surface area contributed by atoms with Gasteiger partial charge in [-0.1, -0.05) is 92.1 Å². The minimum atomic E-state index is -0.613. The van der Waals surface area contributed by atoms with Gasteiger partial charge in [0.1, 0.15) is 18.2 Å². The highest BCUT2D eigenvalue weighted by Gasteiger charge is 2.37. The maximum Gasteiger partial charge on any atom is 0.168 e. The number of hydrogen-bond acceptors (Lipinski definition) is 8. The van der Waals surface area contributed by atoms with Gasteiger partial charge in [-0.15, -0.1) is 0 Å². The molecule has 5 aromatic rings. The van der Waals surface area contributed by atoms with E-state index < -0.39 is 6.10 Å². The van der Waals surface area contributed by atoms with Crippen LogP contribution in [-0.4, -0.2) is 58.1 Å². The molecule has 1 fully saturated rings. The summed E-state index contributed by atoms with van der Waals surface area (Å²) in [6.07, 6.45) is 20.2. The van der Waals surface area contributed by atoms with Gasteiger partial charge >= 0.3 is 0 Å². The molecular weight excluding hydrogens is 751 g/mol. The average molecular weight is 808 g/mol. The third kappa shape index (κ3) is 8.50. The first kappa shape index (κ1) is 40.1. The number of phenolic OH excluding ortho intramolecular Hbond substituents is 2. The van der Waals surface area contributed by atoms with Gasteiger partial charge in [-0.3, -0.25) is 0 Å². The van der Waals surface area contributed by atoms with Crippen molar-refractivity contribution in [3.63, 3.8) is 0 Å². The molecule has 4 aliphatic heterocycles. The maximum atomic E-state index is 11.8. The molecule has 6 N–H and O–H groups in total. The predicted octanol–water partition coefficient (Wildman–Crippen LogP) is 8.87. The summed E-state index contributed by atoms with van der Waals surface area (Å²) in [6.45, 7) is 1.97. The lowest BCUT2D eigenvalue weighted by molar-refractivity contribution is 0.00720. The number of aromatic nitrogens is 1. The van der Waals surface area contributed by atoms with Gasteiger partial charge < -0.3 is 45.1 Å². The van der Waals surface area contributed by atoms with Crippen molar-refractivity contribution in [3.8, 4) is 17.2 Å². The molecule has 1 saturated heterocycles. The van der Waals surface area contributed by atoms with Gasteiger partial charge in [0.05, 0.1) is 25.0 Å². The van der Waals surface area contributed by atoms with Gasteiger partial charge in [-0.25, -0.2) is 0 Å². The van der Waals surface area contributed by atoms with Crippen molar-refractivity contribution < 1.29 is 29.5 Å². The average Bonchev–Trinajstić information content (AvgIpc) is 3.72. The largest absolute Gasteiger partial charge is 0.508 e. The number of dihydropyridines is 1. The number of benzene rings is 4. The van der Waals surface area contributed by atoms with E-state index in [4.69, 9.17) is 19.9 Å². The van der Waals surface area contributed by atoms with Crippen LogP contribution in [0, 0.1) is 5.92 Å². The number of ether oxygens (including phenoxy) is 3. The molecule has 6 bridgehead atoms. The van der Waals surface area contributed by atoms with Gasteiger partial charge in [-0.05, 0) is 96.7 Å². The second kappa shape index (κ2) is 17.7. The lowest BCUT2D eigenvalue weighted by Crippen LogP contribution is -2.39. The summed E-state index contributed by atoms with van der Waals surface area (Å²) in [6, 6.07) is 26.6. The molecule has 4 atom stereocenters. The quantitative estimate of drug-likeness (QED) is 0.0935. The smallest absolute Gasteiger partial charge is 0.168 e. The fraction of sp³-hybridized carbons (Fsp3) is 0.373. The van der Waals surface area contributed by atoms with Crippen LogP contribution in [0.4, 0.5) is 0 Å². The molecule has 0 radical (unpaired) electrons. The van der Waals surface area contributed by atoms with Gasteiger partial charge in [0.15, 0.2) is 11.5 Å². The van der Waals surface area contributed by atoms with Crippen molar-refractivity contribution in [2.45, 2.75) is 94.6 Å². The predicted molar refractivity (Wildman–Crippen MR) is 237 cm³/mol. The number of aliphatic hydroxyl groups is 1. The van der Waals surface area contributed by atoms with E-state index in [0.717, 1.165) is 90.2 Å². The van der Waals surface area contributed by atoms with Crippen LogP contribution in [0.25, 0.3) is 22.7 Å². The Morgan fingerprint density at radius 1 is 0.817 bits per heavy atom. The van der Waals surface area contributed by atoms with Gasteiger partial charge in [-0.2, -0.15) is 0 Å². The van der Waals surface area contributed by atoms with E-state index in [9.17, 15) is 15.3 Å². The van der Waals surface area contributed by atoms with Crippen LogP contribution >= 0.6 is 0 Å². The van der Waals surface area contributed by atoms with Gasteiger partial charge in [0.25, 0.3) is 0 Å². The Bertz CT molecular complexity index is 2380. The van der Waals surface area contributed by atoms with E-state index >= 15 is 0 Å². The summed E-state index contributed by atoms with van der Waals surface area (Å²) in [5.41, 5.74) is 13.9. The van der Waals surface area contributed by atoms with E-state index in [1.807, 2.05) is 30.4 Å². The van der Waals surface area contributed by atoms with Crippen molar-refractivity contribution in [2.24, 2.45) is 11.7 Å². The normalized spacial score (nSPS) is 22.6. The molecule has 0 saturated carbocycles. The number of nitrogens with one attached hydrogen (secondary N) is 1. The van der Waals surface area contributed by atoms with E-state index in [1.54, 1.807) is 18.2 Å². The molecule has 0 amide bonds. The van der Waals surface area contributed by atoms with Crippen LogP contribution in [0.5, 0.6) is 17.2 Å². The van der Waals surface area contributed by atoms with Crippen LogP contribution in [0.15, 0.2) is 115 Å². The summed E-state index contributed by atoms with van der Waals surface area (Å²) in [5.74, 6) is 1.62. The summed E-state index contributed by atoms with van der Waals surface area (Å²) < 4.78 is 21.6. The first-order valence-corrected chi connectivity index (χ1v) is 21.8. The molecule has 1 aliphatic carbocycles. The topological polar surface area (TPSA) is 131 Å². The van der Waals surface area contributed by atoms with Crippen LogP contribution in [0.1, 0.15) is 84.7 Å². The first-order chi connectivity index (χ1) is 29.3. The van der Waals surface area contributed by atoms with Crippen molar-refractivity contribution in [1.29, 1.82) is 0 Å². The number of aromatic hydroxyl groups is 2. The van der Waals surface area contributed by atoms with E-state index in [0.29, 0.717) is 44.2 Å². The highest BCUT2D eigenvalue weighted by atomic mass is 16.5. The zero-order valence-electron chi connectivity index (χ0n) is 34.3. The zero-order valence-corrected chi connectivity index (χ0v) is 34.3. The number of phenols is 2. The van der Waals surface area contributed by atoms with E-state index in [1.165, 1.54) is 16.7 Å². The maximum absolute atomic E-state index is 11.8. The highest BCUT2D eigenvalue weighted by molar-refractivity contribution is 5.88. The molecule has 9 nitrogen and oxygen atoms in total. The van der Waals surface area contributed by atoms with Crippen LogP contribution < -0.4 is 15.8 Å². The third-order valence-electron chi connectivity index (χ3n) is 13.2. The van der Waals surface area contributed by atoms with E-state index in [-0.39, 0.29) is 36.0 Å². The number of nitrogens with two attached hydrogens (primary N) is 1. The van der Waals surface area contributed by atoms with Crippen molar-refractivity contribution in [2.75, 3.05) is 19.8 Å². The fourth-order valence-corrected chi connectivity index (χ4v) is 9.76. The molecule has 312 valence electrons. The molecule has 5 heterocycles. The summed E-state index contributed by atoms with van der Waals surface area (Å²) in [7, 11) is 0. The Labute approximate surface area is 352 Å². The number of hydrogen-bond donors (Lipinski definition) is 5. The summed E-state index contributed by atoms with van der Waals surface area (Å²) in [4.78, 5) is 0. The SMILES string of the molecule is NC1C=CC2=C(N1)n1cc3cc(C4(c5ccccc5)CCOCC4)cc(c3c1)COc1c(O)ccc3c1C=C[C@@H](C3)[C@@H](O)C[C@H](CCCCCCc1ccc(O)cc1)OC2. The molecule has 5 aliphatic rings. The second-order valence-electron chi connectivity index (χ2n) is 17.1. The molecular formula is C51H57N3O6. The van der Waals surface area contributed by atoms with Crippen molar-refractivity contribution in [3.05, 3.63) is 148 Å². The molecule has 60 heavy (non-hydrogen) atoms. The molecule has 0 spiro atoms. The van der Waals surface area contributed by atoms with Crippen molar-refractivity contribution >= 4 is 22.7 Å². The van der Waals surface area contributed by atoms with Crippen molar-refractivity contribution in [1.82, 2.24) is 9.88 Å². The Hall–Kier alpha value is -5.32. The molecule has 1 aromatic heterocycles. The lowest BCUT2D eigenvalue weighted by atomic mass is 9.68. The Morgan fingerprint density at radius 2 is 1.63 bits per heavy atom. The molecule has 4 aromatic carbocycles. The number of aryl methyl sites for hydroxylation is 1. The second-order valence-corrected chi connectivity index (χ2v) is 17.1. The minimum Gasteiger partial charge on any atom is -0.508 e. The molecule has 10 rings (SSSR count). The summed E-state index contributed by atoms with van der Waals surface area (Å²) >= 11 is 0. The summed E-state index contributed by atoms with van der Waals surface area (Å²) in [5, 5.41) is 38.4. The number of fused-ring (bicyclic) bond motifs is 5. The Kier molecular flexibility index (Phi) is 11.8. The first-order valence-electron chi connectivity index (χ1n) is 21.8. The van der Waals surface area contributed by atoms with Crippen LogP contribution in [-0.2, 0) is 34.3 Å².